The average molecular weight is 400 g/mol. The number of carbonyl (C=O) groups excluding carboxylic acids is 1. The summed E-state index contributed by atoms with van der Waals surface area (Å²) in [7, 11) is 0. The van der Waals surface area contributed by atoms with E-state index < -0.39 is 0 Å². The zero-order valence-electron chi connectivity index (χ0n) is 16.9. The maximum absolute atomic E-state index is 13.8. The van der Waals surface area contributed by atoms with Gasteiger partial charge < -0.3 is 9.88 Å². The molecule has 0 spiro atoms. The Bertz CT molecular complexity index is 1510. The smallest absolute Gasteiger partial charge is 0.255 e. The van der Waals surface area contributed by atoms with Crippen LogP contribution in [0.25, 0.3) is 32.8 Å². The van der Waals surface area contributed by atoms with Crippen LogP contribution in [0.5, 0.6) is 0 Å². The minimum atomic E-state index is -0.0503. The van der Waals surface area contributed by atoms with Crippen LogP contribution in [0.15, 0.2) is 84.9 Å². The number of para-hydroxylation sites is 1. The van der Waals surface area contributed by atoms with Gasteiger partial charge in [0.2, 0.25) is 0 Å². The second kappa shape index (κ2) is 6.08. The molecule has 1 atom stereocenters. The van der Waals surface area contributed by atoms with Crippen molar-refractivity contribution in [2.75, 3.05) is 6.54 Å². The standard InChI is InChI=1S/C28H20N2O/c31-28-25-22(16-18-10-4-5-11-19(18)24(25)17-8-2-1-3-9-17)27-26-21(14-15-30(27)28)20-12-6-7-13-23(20)29-26/h1-13,16,27,29H,14-15H2. The summed E-state index contributed by atoms with van der Waals surface area (Å²) in [6.07, 6.45) is 0.885. The van der Waals surface area contributed by atoms with Crippen molar-refractivity contribution in [2.24, 2.45) is 0 Å². The lowest BCUT2D eigenvalue weighted by atomic mass is 9.87. The van der Waals surface area contributed by atoms with Gasteiger partial charge in [0, 0.05) is 28.7 Å². The first-order valence-corrected chi connectivity index (χ1v) is 10.8. The summed E-state index contributed by atoms with van der Waals surface area (Å²) in [4.78, 5) is 19.5. The van der Waals surface area contributed by atoms with Crippen molar-refractivity contribution >= 4 is 27.6 Å². The molecule has 0 saturated carbocycles. The molecule has 1 aromatic heterocycles. The van der Waals surface area contributed by atoms with E-state index in [1.54, 1.807) is 0 Å². The number of hydrogen-bond donors (Lipinski definition) is 1. The molecule has 4 aromatic carbocycles. The van der Waals surface area contributed by atoms with Gasteiger partial charge >= 0.3 is 0 Å². The van der Waals surface area contributed by atoms with E-state index in [-0.39, 0.29) is 11.9 Å². The molecule has 0 saturated heterocycles. The fourth-order valence-corrected chi connectivity index (χ4v) is 5.65. The summed E-state index contributed by atoms with van der Waals surface area (Å²) in [5.41, 5.74) is 7.82. The van der Waals surface area contributed by atoms with E-state index in [1.807, 2.05) is 18.2 Å². The lowest BCUT2D eigenvalue weighted by molar-refractivity contribution is 0.0738. The van der Waals surface area contributed by atoms with Crippen LogP contribution < -0.4 is 0 Å². The predicted octanol–water partition coefficient (Wildman–Crippen LogP) is 6.09. The normalized spacial score (nSPS) is 17.1. The van der Waals surface area contributed by atoms with Crippen LogP contribution >= 0.6 is 0 Å². The van der Waals surface area contributed by atoms with Gasteiger partial charge in [-0.2, -0.15) is 0 Å². The SMILES string of the molecule is O=C1c2c(cc3ccccc3c2-c2ccccc2)C2c3[nH]c4ccccc4c3CCN12. The van der Waals surface area contributed by atoms with Crippen LogP contribution in [0.3, 0.4) is 0 Å². The summed E-state index contributed by atoms with van der Waals surface area (Å²) < 4.78 is 0. The van der Waals surface area contributed by atoms with Crippen LogP contribution in [0, 0.1) is 0 Å². The highest BCUT2D eigenvalue weighted by Gasteiger charge is 2.44. The van der Waals surface area contributed by atoms with Gasteiger partial charge in [0.05, 0.1) is 11.6 Å². The minimum Gasteiger partial charge on any atom is -0.356 e. The maximum atomic E-state index is 13.8. The Morgan fingerprint density at radius 3 is 2.42 bits per heavy atom. The second-order valence-electron chi connectivity index (χ2n) is 8.52. The van der Waals surface area contributed by atoms with Crippen molar-refractivity contribution in [1.82, 2.24) is 9.88 Å². The summed E-state index contributed by atoms with van der Waals surface area (Å²) >= 11 is 0. The molecule has 0 radical (unpaired) electrons. The third kappa shape index (κ3) is 2.21. The van der Waals surface area contributed by atoms with Crippen LogP contribution in [0.1, 0.15) is 33.2 Å². The van der Waals surface area contributed by atoms with Crippen molar-refractivity contribution in [3.63, 3.8) is 0 Å². The molecule has 1 amide bonds. The highest BCUT2D eigenvalue weighted by molar-refractivity contribution is 6.13. The number of amides is 1. The number of aromatic amines is 1. The number of benzene rings is 4. The van der Waals surface area contributed by atoms with Crippen LogP contribution in [0.2, 0.25) is 0 Å². The van der Waals surface area contributed by atoms with Crippen LogP contribution in [-0.4, -0.2) is 22.3 Å². The number of hydrogen-bond acceptors (Lipinski definition) is 1. The highest BCUT2D eigenvalue weighted by atomic mass is 16.2. The molecule has 3 nitrogen and oxygen atoms in total. The fourth-order valence-electron chi connectivity index (χ4n) is 5.65. The Labute approximate surface area is 179 Å². The monoisotopic (exact) mass is 400 g/mol. The molecule has 2 aliphatic rings. The van der Waals surface area contributed by atoms with E-state index in [1.165, 1.54) is 22.0 Å². The van der Waals surface area contributed by atoms with E-state index in [0.717, 1.165) is 46.1 Å². The van der Waals surface area contributed by atoms with Crippen molar-refractivity contribution in [2.45, 2.75) is 12.5 Å². The van der Waals surface area contributed by atoms with Crippen LogP contribution in [-0.2, 0) is 6.42 Å². The molecular weight excluding hydrogens is 380 g/mol. The number of carbonyl (C=O) groups is 1. The minimum absolute atomic E-state index is 0.0503. The van der Waals surface area contributed by atoms with Gasteiger partial charge in [-0.3, -0.25) is 4.79 Å². The zero-order chi connectivity index (χ0) is 20.5. The molecule has 148 valence electrons. The summed E-state index contributed by atoms with van der Waals surface area (Å²) in [6.45, 7) is 0.748. The van der Waals surface area contributed by atoms with E-state index in [9.17, 15) is 4.79 Å². The van der Waals surface area contributed by atoms with E-state index in [2.05, 4.69) is 76.6 Å². The summed E-state index contributed by atoms with van der Waals surface area (Å²) in [5.74, 6) is 0.147. The Balaban J connectivity index is 1.57. The number of nitrogens with zero attached hydrogens (tertiary/aromatic N) is 1. The average Bonchev–Trinajstić information content (AvgIpc) is 3.34. The topological polar surface area (TPSA) is 36.1 Å². The lowest BCUT2D eigenvalue weighted by Crippen LogP contribution is -2.34. The quantitative estimate of drug-likeness (QED) is 0.363. The molecule has 3 heterocycles. The molecule has 0 aliphatic carbocycles. The number of rotatable bonds is 1. The lowest BCUT2D eigenvalue weighted by Gasteiger charge is -2.30. The third-order valence-electron chi connectivity index (χ3n) is 6.95. The first kappa shape index (κ1) is 16.9. The number of H-pyrrole nitrogens is 1. The van der Waals surface area contributed by atoms with Crippen molar-refractivity contribution in [3.05, 3.63) is 107 Å². The third-order valence-corrected chi connectivity index (χ3v) is 6.95. The molecule has 2 aliphatic heterocycles. The van der Waals surface area contributed by atoms with Crippen molar-refractivity contribution in [3.8, 4) is 11.1 Å². The Morgan fingerprint density at radius 2 is 1.55 bits per heavy atom. The molecule has 3 heteroatoms. The maximum Gasteiger partial charge on any atom is 0.255 e. The molecular formula is C28H20N2O. The molecule has 5 aromatic rings. The van der Waals surface area contributed by atoms with Gasteiger partial charge in [0.1, 0.15) is 0 Å². The van der Waals surface area contributed by atoms with Crippen LogP contribution in [0.4, 0.5) is 0 Å². The molecule has 7 rings (SSSR count). The number of nitrogens with one attached hydrogen (secondary N) is 1. The number of fused-ring (bicyclic) bond motifs is 8. The van der Waals surface area contributed by atoms with Gasteiger partial charge in [-0.05, 0) is 46.0 Å². The largest absolute Gasteiger partial charge is 0.356 e. The second-order valence-corrected chi connectivity index (χ2v) is 8.52. The van der Waals surface area contributed by atoms with Gasteiger partial charge in [-0.15, -0.1) is 0 Å². The molecule has 1 unspecified atom stereocenters. The summed E-state index contributed by atoms with van der Waals surface area (Å²) in [6, 6.07) is 29.4. The van der Waals surface area contributed by atoms with Gasteiger partial charge in [-0.1, -0.05) is 72.8 Å². The van der Waals surface area contributed by atoms with Gasteiger partial charge in [0.25, 0.3) is 5.91 Å². The molecule has 31 heavy (non-hydrogen) atoms. The Kier molecular flexibility index (Phi) is 3.31. The Hall–Kier alpha value is -3.85. The van der Waals surface area contributed by atoms with E-state index in [4.69, 9.17) is 0 Å². The molecule has 0 bridgehead atoms. The highest BCUT2D eigenvalue weighted by Crippen LogP contribution is 2.48. The van der Waals surface area contributed by atoms with E-state index >= 15 is 0 Å². The number of aromatic nitrogens is 1. The van der Waals surface area contributed by atoms with Gasteiger partial charge in [-0.25, -0.2) is 0 Å². The first-order chi connectivity index (χ1) is 15.3. The molecule has 1 N–H and O–H groups in total. The summed E-state index contributed by atoms with van der Waals surface area (Å²) in [5, 5.41) is 3.60. The first-order valence-electron chi connectivity index (χ1n) is 10.8. The molecule has 0 fully saturated rings. The predicted molar refractivity (Wildman–Crippen MR) is 124 cm³/mol. The van der Waals surface area contributed by atoms with E-state index in [0.29, 0.717) is 0 Å². The fraction of sp³-hybridized carbons (Fsp3) is 0.107. The van der Waals surface area contributed by atoms with Crippen molar-refractivity contribution < 1.29 is 4.79 Å². The van der Waals surface area contributed by atoms with Crippen molar-refractivity contribution in [1.29, 1.82) is 0 Å². The van der Waals surface area contributed by atoms with Gasteiger partial charge in [0.15, 0.2) is 0 Å². The zero-order valence-corrected chi connectivity index (χ0v) is 16.9. The Morgan fingerprint density at radius 1 is 0.806 bits per heavy atom.